The second-order valence-corrected chi connectivity index (χ2v) is 10.2. The smallest absolute Gasteiger partial charge is 0.355 e. The zero-order chi connectivity index (χ0) is 27.5. The molecule has 2 N–H and O–H groups in total. The number of hydrogen-bond donors (Lipinski definition) is 2. The predicted octanol–water partition coefficient (Wildman–Crippen LogP) is 6.47. The van der Waals surface area contributed by atoms with Crippen molar-refractivity contribution in [2.75, 3.05) is 18.1 Å². The SMILES string of the molecule is CCOC(=O)C1=C(C(=O)OCC)N(c2ccc(C)cc2)C(=N)/C(=C(\O)C(C)(C)C)[C@H]1c1ccc(Cl)cc1. The average molecular weight is 525 g/mol. The van der Waals surface area contributed by atoms with Gasteiger partial charge in [-0.25, -0.2) is 9.59 Å². The Hall–Kier alpha value is -3.58. The van der Waals surface area contributed by atoms with Crippen LogP contribution in [0.2, 0.25) is 5.02 Å². The molecule has 1 heterocycles. The Morgan fingerprint density at radius 1 is 0.973 bits per heavy atom. The summed E-state index contributed by atoms with van der Waals surface area (Å²) < 4.78 is 10.8. The second-order valence-electron chi connectivity index (χ2n) is 9.72. The molecule has 1 aliphatic heterocycles. The van der Waals surface area contributed by atoms with Gasteiger partial charge >= 0.3 is 11.9 Å². The van der Waals surface area contributed by atoms with Gasteiger partial charge in [0.05, 0.1) is 24.7 Å². The van der Waals surface area contributed by atoms with Crippen molar-refractivity contribution in [1.29, 1.82) is 5.41 Å². The molecule has 0 fully saturated rings. The Kier molecular flexibility index (Phi) is 8.49. The molecule has 2 aromatic rings. The molecule has 37 heavy (non-hydrogen) atoms. The molecule has 0 radical (unpaired) electrons. The number of ether oxygens (including phenoxy) is 2. The van der Waals surface area contributed by atoms with E-state index in [2.05, 4.69) is 0 Å². The number of hydrogen-bond acceptors (Lipinski definition) is 6. The van der Waals surface area contributed by atoms with Crippen LogP contribution in [-0.2, 0) is 19.1 Å². The minimum absolute atomic E-state index is 0.0232. The van der Waals surface area contributed by atoms with E-state index >= 15 is 0 Å². The molecule has 0 spiro atoms. The first-order valence-corrected chi connectivity index (χ1v) is 12.5. The largest absolute Gasteiger partial charge is 0.511 e. The molecule has 3 rings (SSSR count). The van der Waals surface area contributed by atoms with Crippen molar-refractivity contribution in [3.63, 3.8) is 0 Å². The fourth-order valence-electron chi connectivity index (χ4n) is 4.19. The number of carbonyl (C=O) groups is 2. The van der Waals surface area contributed by atoms with Crippen LogP contribution in [0, 0.1) is 17.7 Å². The Morgan fingerprint density at radius 2 is 1.51 bits per heavy atom. The van der Waals surface area contributed by atoms with Crippen molar-refractivity contribution >= 4 is 35.1 Å². The first-order valence-electron chi connectivity index (χ1n) is 12.2. The number of aryl methyl sites for hydroxylation is 1. The number of esters is 2. The molecular formula is C29H33ClN2O5. The Balaban J connectivity index is 2.53. The quantitative estimate of drug-likeness (QED) is 0.332. The summed E-state index contributed by atoms with van der Waals surface area (Å²) in [6.07, 6.45) is 0. The van der Waals surface area contributed by atoms with Gasteiger partial charge < -0.3 is 14.6 Å². The summed E-state index contributed by atoms with van der Waals surface area (Å²) in [5.41, 5.74) is 1.28. The number of nitrogens with one attached hydrogen (secondary N) is 1. The van der Waals surface area contributed by atoms with E-state index in [0.717, 1.165) is 5.56 Å². The summed E-state index contributed by atoms with van der Waals surface area (Å²) >= 11 is 6.15. The first kappa shape index (κ1) is 28.0. The van der Waals surface area contributed by atoms with E-state index in [9.17, 15) is 20.1 Å². The van der Waals surface area contributed by atoms with Crippen LogP contribution in [0.4, 0.5) is 5.69 Å². The van der Waals surface area contributed by atoms with Gasteiger partial charge in [0.2, 0.25) is 0 Å². The lowest BCUT2D eigenvalue weighted by molar-refractivity contribution is -0.142. The van der Waals surface area contributed by atoms with Gasteiger partial charge in [0.1, 0.15) is 17.3 Å². The highest BCUT2D eigenvalue weighted by Gasteiger charge is 2.46. The molecular weight excluding hydrogens is 492 g/mol. The topological polar surface area (TPSA) is 99.9 Å². The Labute approximate surface area is 222 Å². The number of halogens is 1. The van der Waals surface area contributed by atoms with Gasteiger partial charge in [-0.05, 0) is 50.6 Å². The molecule has 0 unspecified atom stereocenters. The minimum atomic E-state index is -0.982. The number of rotatable bonds is 6. The highest BCUT2D eigenvalue weighted by molar-refractivity contribution is 6.30. The van der Waals surface area contributed by atoms with Crippen molar-refractivity contribution in [3.05, 3.63) is 87.3 Å². The van der Waals surface area contributed by atoms with Crippen molar-refractivity contribution < 1.29 is 24.2 Å². The van der Waals surface area contributed by atoms with Gasteiger partial charge in [-0.1, -0.05) is 62.2 Å². The van der Waals surface area contributed by atoms with E-state index in [1.807, 2.05) is 39.8 Å². The van der Waals surface area contributed by atoms with E-state index in [1.165, 1.54) is 4.90 Å². The summed E-state index contributed by atoms with van der Waals surface area (Å²) in [6.45, 7) is 10.8. The monoisotopic (exact) mass is 524 g/mol. The number of carbonyl (C=O) groups excluding carboxylic acids is 2. The molecule has 196 valence electrons. The number of anilines is 1. The predicted molar refractivity (Wildman–Crippen MR) is 145 cm³/mol. The first-order chi connectivity index (χ1) is 17.4. The van der Waals surface area contributed by atoms with Gasteiger partial charge in [-0.3, -0.25) is 10.3 Å². The molecule has 0 saturated carbocycles. The number of benzene rings is 2. The highest BCUT2D eigenvalue weighted by atomic mass is 35.5. The third kappa shape index (κ3) is 5.72. The number of allylic oxidation sites excluding steroid dienone is 1. The van der Waals surface area contributed by atoms with Crippen LogP contribution in [0.3, 0.4) is 0 Å². The van der Waals surface area contributed by atoms with Crippen molar-refractivity contribution in [3.8, 4) is 0 Å². The molecule has 0 saturated heterocycles. The van der Waals surface area contributed by atoms with Crippen LogP contribution in [0.5, 0.6) is 0 Å². The van der Waals surface area contributed by atoms with Gasteiger partial charge in [-0.15, -0.1) is 0 Å². The number of amidine groups is 1. The van der Waals surface area contributed by atoms with Crippen molar-refractivity contribution in [1.82, 2.24) is 0 Å². The van der Waals surface area contributed by atoms with Gasteiger partial charge in [0.15, 0.2) is 0 Å². The molecule has 0 aromatic heterocycles. The van der Waals surface area contributed by atoms with Crippen molar-refractivity contribution in [2.24, 2.45) is 5.41 Å². The maximum Gasteiger partial charge on any atom is 0.355 e. The summed E-state index contributed by atoms with van der Waals surface area (Å²) in [5, 5.41) is 21.3. The van der Waals surface area contributed by atoms with Crippen molar-refractivity contribution in [2.45, 2.75) is 47.5 Å². The normalized spacial score (nSPS) is 17.5. The lowest BCUT2D eigenvalue weighted by Gasteiger charge is -2.39. The summed E-state index contributed by atoms with van der Waals surface area (Å²) in [7, 11) is 0. The lowest BCUT2D eigenvalue weighted by Crippen LogP contribution is -2.45. The van der Waals surface area contributed by atoms with E-state index in [4.69, 9.17) is 21.1 Å². The van der Waals surface area contributed by atoms with E-state index in [1.54, 1.807) is 50.2 Å². The minimum Gasteiger partial charge on any atom is -0.511 e. The van der Waals surface area contributed by atoms with Crippen LogP contribution in [0.25, 0.3) is 0 Å². The van der Waals surface area contributed by atoms with E-state index in [0.29, 0.717) is 16.3 Å². The van der Waals surface area contributed by atoms with Crippen LogP contribution in [0.1, 0.15) is 51.7 Å². The Morgan fingerprint density at radius 3 is 2.03 bits per heavy atom. The highest BCUT2D eigenvalue weighted by Crippen LogP contribution is 2.46. The molecule has 1 aliphatic rings. The lowest BCUT2D eigenvalue weighted by atomic mass is 9.75. The van der Waals surface area contributed by atoms with E-state index in [-0.39, 0.29) is 41.7 Å². The van der Waals surface area contributed by atoms with Crippen LogP contribution in [0.15, 0.2) is 71.1 Å². The van der Waals surface area contributed by atoms with Crippen LogP contribution >= 0.6 is 11.6 Å². The fraction of sp³-hybridized carbons (Fsp3) is 0.345. The Bertz CT molecular complexity index is 1250. The maximum absolute atomic E-state index is 13.6. The zero-order valence-electron chi connectivity index (χ0n) is 22.0. The third-order valence-electron chi connectivity index (χ3n) is 5.96. The molecule has 0 amide bonds. The molecule has 1 atom stereocenters. The van der Waals surface area contributed by atoms with Crippen LogP contribution in [-0.4, -0.2) is 36.1 Å². The molecule has 2 aromatic carbocycles. The van der Waals surface area contributed by atoms with Gasteiger partial charge in [0, 0.05) is 21.7 Å². The third-order valence-corrected chi connectivity index (χ3v) is 6.21. The molecule has 7 nitrogen and oxygen atoms in total. The standard InChI is InChI=1S/C29H33ClN2O5/c1-7-36-27(34)22-21(18-11-13-19(30)14-12-18)23(25(33)29(4,5)6)26(31)32(24(22)28(35)37-8-2)20-15-9-17(3)10-16-20/h9-16,21,31,33H,7-8H2,1-6H3/b25-23-,31-26?/t21-/m0/s1. The van der Waals surface area contributed by atoms with Gasteiger partial charge in [0.25, 0.3) is 0 Å². The average Bonchev–Trinajstić information content (AvgIpc) is 2.83. The number of nitrogens with zero attached hydrogens (tertiary/aromatic N) is 1. The summed E-state index contributed by atoms with van der Waals surface area (Å²) in [6, 6.07) is 13.9. The molecule has 0 aliphatic carbocycles. The zero-order valence-corrected chi connectivity index (χ0v) is 22.8. The molecule has 8 heteroatoms. The van der Waals surface area contributed by atoms with Gasteiger partial charge in [-0.2, -0.15) is 0 Å². The van der Waals surface area contributed by atoms with Crippen LogP contribution < -0.4 is 4.90 Å². The molecule has 0 bridgehead atoms. The number of aliphatic hydroxyl groups is 1. The summed E-state index contributed by atoms with van der Waals surface area (Å²) in [5.74, 6) is -2.73. The maximum atomic E-state index is 13.6. The summed E-state index contributed by atoms with van der Waals surface area (Å²) in [4.78, 5) is 28.5. The fourth-order valence-corrected chi connectivity index (χ4v) is 4.31. The second kappa shape index (κ2) is 11.2. The number of aliphatic hydroxyl groups excluding tert-OH is 1. The van der Waals surface area contributed by atoms with E-state index < -0.39 is 23.3 Å².